The van der Waals surface area contributed by atoms with Gasteiger partial charge in [0.1, 0.15) is 11.5 Å². The Bertz CT molecular complexity index is 920. The van der Waals surface area contributed by atoms with Gasteiger partial charge in [-0.3, -0.25) is 4.98 Å². The summed E-state index contributed by atoms with van der Waals surface area (Å²) >= 11 is 0. The summed E-state index contributed by atoms with van der Waals surface area (Å²) in [5.41, 5.74) is 12.4. The number of aromatic nitrogens is 1. The van der Waals surface area contributed by atoms with Gasteiger partial charge in [0.05, 0.1) is 0 Å². The predicted octanol–water partition coefficient (Wildman–Crippen LogP) is 5.64. The average Bonchev–Trinajstić information content (AvgIpc) is 2.63. The van der Waals surface area contributed by atoms with Crippen LogP contribution >= 0.6 is 0 Å². The smallest absolute Gasteiger partial charge is 0.123 e. The summed E-state index contributed by atoms with van der Waals surface area (Å²) in [4.78, 5) is 3.96. The minimum atomic E-state index is -0.249. The van der Waals surface area contributed by atoms with Crippen molar-refractivity contribution >= 4 is 11.4 Å². The van der Waals surface area contributed by atoms with Crippen LogP contribution in [0.1, 0.15) is 11.1 Å². The lowest BCUT2D eigenvalue weighted by molar-refractivity contribution is 0.627. The molecule has 0 aliphatic heterocycles. The topological polar surface area (TPSA) is 61.1 Å². The van der Waals surface area contributed by atoms with Gasteiger partial charge in [0, 0.05) is 29.8 Å². The average molecular weight is 332 g/mol. The molecule has 4 nitrogen and oxygen atoms in total. The van der Waals surface area contributed by atoms with Gasteiger partial charge in [0.2, 0.25) is 0 Å². The van der Waals surface area contributed by atoms with Crippen molar-refractivity contribution in [1.82, 2.24) is 4.98 Å². The molecule has 0 saturated heterocycles. The molecule has 0 atom stereocenters. The van der Waals surface area contributed by atoms with Gasteiger partial charge in [-0.2, -0.15) is 5.11 Å². The van der Waals surface area contributed by atoms with Crippen molar-refractivity contribution in [3.63, 3.8) is 0 Å². The Labute approximate surface area is 145 Å². The van der Waals surface area contributed by atoms with Gasteiger partial charge in [-0.05, 0) is 53.9 Å². The largest absolute Gasteiger partial charge is 0.360 e. The van der Waals surface area contributed by atoms with E-state index in [9.17, 15) is 4.39 Å². The summed E-state index contributed by atoms with van der Waals surface area (Å²) in [5.74, 6) is -0.249. The molecular formula is C20H17FN4. The van der Waals surface area contributed by atoms with Crippen LogP contribution in [0.2, 0.25) is 0 Å². The molecule has 3 rings (SSSR count). The molecule has 0 saturated carbocycles. The molecule has 0 aliphatic rings. The second-order valence-corrected chi connectivity index (χ2v) is 5.56. The van der Waals surface area contributed by atoms with Crippen LogP contribution in [0, 0.1) is 18.3 Å². The monoisotopic (exact) mass is 332 g/mol. The Hall–Kier alpha value is -3.34. The van der Waals surface area contributed by atoms with Gasteiger partial charge in [0.15, 0.2) is 0 Å². The van der Waals surface area contributed by atoms with E-state index in [0.29, 0.717) is 5.70 Å². The lowest BCUT2D eigenvalue weighted by atomic mass is 9.98. The first-order valence-corrected chi connectivity index (χ1v) is 7.78. The van der Waals surface area contributed by atoms with Crippen LogP contribution in [0.3, 0.4) is 0 Å². The lowest BCUT2D eigenvalue weighted by Gasteiger charge is -2.09. The Morgan fingerprint density at radius 1 is 1.12 bits per heavy atom. The van der Waals surface area contributed by atoms with Gasteiger partial charge in [-0.15, -0.1) is 0 Å². The number of aryl methyl sites for hydroxylation is 1. The van der Waals surface area contributed by atoms with Crippen molar-refractivity contribution in [2.75, 3.05) is 5.32 Å². The zero-order chi connectivity index (χ0) is 17.6. The molecule has 5 heteroatoms. The number of pyridine rings is 1. The number of halogens is 1. The van der Waals surface area contributed by atoms with Crippen LogP contribution in [-0.4, -0.2) is 4.98 Å². The highest BCUT2D eigenvalue weighted by Gasteiger charge is 2.06. The highest BCUT2D eigenvalue weighted by molar-refractivity contribution is 5.74. The van der Waals surface area contributed by atoms with E-state index in [1.807, 2.05) is 43.3 Å². The van der Waals surface area contributed by atoms with E-state index in [0.717, 1.165) is 27.9 Å². The highest BCUT2D eigenvalue weighted by Crippen LogP contribution is 2.27. The number of hydrogen-bond acceptors (Lipinski definition) is 4. The Kier molecular flexibility index (Phi) is 4.95. The maximum Gasteiger partial charge on any atom is 0.123 e. The zero-order valence-electron chi connectivity index (χ0n) is 13.7. The van der Waals surface area contributed by atoms with Crippen LogP contribution in [0.15, 0.2) is 78.3 Å². The number of nitrogens with one attached hydrogen (secondary N) is 2. The van der Waals surface area contributed by atoms with E-state index in [1.165, 1.54) is 12.1 Å². The summed E-state index contributed by atoms with van der Waals surface area (Å²) in [6.45, 7) is 1.88. The maximum absolute atomic E-state index is 13.3. The first-order chi connectivity index (χ1) is 12.2. The Morgan fingerprint density at radius 3 is 2.64 bits per heavy atom. The summed E-state index contributed by atoms with van der Waals surface area (Å²) in [5, 5.41) is 6.72. The second-order valence-electron chi connectivity index (χ2n) is 5.56. The highest BCUT2D eigenvalue weighted by atomic mass is 19.1. The molecule has 3 aromatic rings. The van der Waals surface area contributed by atoms with Crippen molar-refractivity contribution in [3.8, 4) is 11.1 Å². The molecule has 2 aromatic carbocycles. The molecule has 25 heavy (non-hydrogen) atoms. The molecule has 1 heterocycles. The molecule has 0 fully saturated rings. The fraction of sp³-hybridized carbons (Fsp3) is 0.0500. The van der Waals surface area contributed by atoms with Gasteiger partial charge in [0.25, 0.3) is 0 Å². The van der Waals surface area contributed by atoms with Gasteiger partial charge in [-0.1, -0.05) is 24.3 Å². The molecule has 0 unspecified atom stereocenters. The van der Waals surface area contributed by atoms with E-state index in [-0.39, 0.29) is 5.82 Å². The van der Waals surface area contributed by atoms with E-state index < -0.39 is 0 Å². The molecule has 0 radical (unpaired) electrons. The molecular weight excluding hydrogens is 315 g/mol. The SMILES string of the molecule is Cc1cc(F)ccc1-c1cccc(/C(=C/Nc2ccncc2)N=N)c1. The summed E-state index contributed by atoms with van der Waals surface area (Å²) in [7, 11) is 0. The molecule has 0 aliphatic carbocycles. The summed E-state index contributed by atoms with van der Waals surface area (Å²) in [6.07, 6.45) is 5.05. The standard InChI is InChI=1S/C20H17FN4/c1-14-11-17(21)5-6-19(14)15-3-2-4-16(12-15)20(25-22)13-24-18-7-9-23-10-8-18/h2-13,22H,1H3,(H,23,24)/b20-13-,25-22?. The number of benzene rings is 2. The van der Waals surface area contributed by atoms with Crippen molar-refractivity contribution < 1.29 is 4.39 Å². The second kappa shape index (κ2) is 7.49. The molecule has 0 amide bonds. The minimum Gasteiger partial charge on any atom is -0.360 e. The van der Waals surface area contributed by atoms with E-state index >= 15 is 0 Å². The number of anilines is 1. The Morgan fingerprint density at radius 2 is 1.92 bits per heavy atom. The first kappa shape index (κ1) is 16.5. The summed E-state index contributed by atoms with van der Waals surface area (Å²) < 4.78 is 13.3. The third kappa shape index (κ3) is 3.95. The third-order valence-electron chi connectivity index (χ3n) is 3.83. The predicted molar refractivity (Wildman–Crippen MR) is 97.6 cm³/mol. The van der Waals surface area contributed by atoms with Crippen molar-refractivity contribution in [1.29, 1.82) is 5.53 Å². The number of nitrogens with zero attached hydrogens (tertiary/aromatic N) is 2. The lowest BCUT2D eigenvalue weighted by Crippen LogP contribution is -1.92. The van der Waals surface area contributed by atoms with Crippen molar-refractivity contribution in [2.24, 2.45) is 5.11 Å². The van der Waals surface area contributed by atoms with Crippen LogP contribution in [0.25, 0.3) is 16.8 Å². The maximum atomic E-state index is 13.3. The van der Waals surface area contributed by atoms with Crippen LogP contribution in [0.5, 0.6) is 0 Å². The van der Waals surface area contributed by atoms with Crippen LogP contribution in [0.4, 0.5) is 10.1 Å². The molecule has 0 spiro atoms. The molecule has 124 valence electrons. The zero-order valence-corrected chi connectivity index (χ0v) is 13.7. The number of rotatable bonds is 5. The van der Waals surface area contributed by atoms with Crippen LogP contribution in [-0.2, 0) is 0 Å². The van der Waals surface area contributed by atoms with Gasteiger partial charge >= 0.3 is 0 Å². The van der Waals surface area contributed by atoms with Gasteiger partial charge < -0.3 is 5.32 Å². The fourth-order valence-corrected chi connectivity index (χ4v) is 2.58. The van der Waals surface area contributed by atoms with Crippen molar-refractivity contribution in [2.45, 2.75) is 6.92 Å². The van der Waals surface area contributed by atoms with E-state index in [4.69, 9.17) is 5.53 Å². The van der Waals surface area contributed by atoms with Crippen molar-refractivity contribution in [3.05, 3.63) is 90.1 Å². The molecule has 0 bridgehead atoms. The molecule has 1 aromatic heterocycles. The van der Waals surface area contributed by atoms with E-state index in [2.05, 4.69) is 15.4 Å². The van der Waals surface area contributed by atoms with Crippen LogP contribution < -0.4 is 5.32 Å². The fourth-order valence-electron chi connectivity index (χ4n) is 2.58. The minimum absolute atomic E-state index is 0.249. The first-order valence-electron chi connectivity index (χ1n) is 7.78. The van der Waals surface area contributed by atoms with Gasteiger partial charge in [-0.25, -0.2) is 9.92 Å². The number of hydrogen-bond donors (Lipinski definition) is 2. The third-order valence-corrected chi connectivity index (χ3v) is 3.83. The molecule has 2 N–H and O–H groups in total. The quantitative estimate of drug-likeness (QED) is 0.594. The van der Waals surface area contributed by atoms with E-state index in [1.54, 1.807) is 24.7 Å². The summed E-state index contributed by atoms with van der Waals surface area (Å²) in [6, 6.07) is 16.1. The normalized spacial score (nSPS) is 11.2. The Balaban J connectivity index is 1.92.